The zero-order valence-electron chi connectivity index (χ0n) is 12.6. The number of hydrogen-bond donors (Lipinski definition) is 1. The molecule has 2 unspecified atom stereocenters. The molecule has 0 radical (unpaired) electrons. The topological polar surface area (TPSA) is 21.3 Å². The van der Waals surface area contributed by atoms with Crippen LogP contribution in [0.2, 0.25) is 0 Å². The quantitative estimate of drug-likeness (QED) is 0.653. The second-order valence-electron chi connectivity index (χ2n) is 5.90. The molecular weight excluding hydrogens is 210 g/mol. The fourth-order valence-corrected chi connectivity index (χ4v) is 2.17. The first kappa shape index (κ1) is 16.7. The normalized spacial score (nSPS) is 15.6. The molecule has 0 aliphatic carbocycles. The van der Waals surface area contributed by atoms with E-state index < -0.39 is 0 Å². The molecule has 2 nitrogen and oxygen atoms in total. The van der Waals surface area contributed by atoms with Crippen molar-refractivity contribution in [3.63, 3.8) is 0 Å². The van der Waals surface area contributed by atoms with E-state index in [9.17, 15) is 0 Å². The predicted molar refractivity (Wildman–Crippen MR) is 76.4 cm³/mol. The average molecular weight is 241 g/mol. The van der Waals surface area contributed by atoms with E-state index in [1.54, 1.807) is 0 Å². The van der Waals surface area contributed by atoms with Crippen LogP contribution in [0.4, 0.5) is 0 Å². The van der Waals surface area contributed by atoms with Crippen molar-refractivity contribution in [3.05, 3.63) is 12.2 Å². The Balaban J connectivity index is 4.63. The minimum Gasteiger partial charge on any atom is -0.376 e. The predicted octanol–water partition coefficient (Wildman–Crippen LogP) is 3.77. The maximum absolute atomic E-state index is 5.96. The van der Waals surface area contributed by atoms with Gasteiger partial charge >= 0.3 is 0 Å². The molecule has 0 aromatic rings. The molecule has 0 bridgehead atoms. The van der Waals surface area contributed by atoms with Crippen LogP contribution in [0.1, 0.15) is 54.4 Å². The fraction of sp³-hybridized carbons (Fsp3) is 0.867. The smallest absolute Gasteiger partial charge is 0.0776 e. The van der Waals surface area contributed by atoms with Crippen LogP contribution in [0.5, 0.6) is 0 Å². The zero-order chi connectivity index (χ0) is 13.5. The van der Waals surface area contributed by atoms with Crippen molar-refractivity contribution in [1.82, 2.24) is 5.32 Å². The van der Waals surface area contributed by atoms with Crippen molar-refractivity contribution in [1.29, 1.82) is 0 Å². The summed E-state index contributed by atoms with van der Waals surface area (Å²) >= 11 is 0. The van der Waals surface area contributed by atoms with Crippen LogP contribution in [0, 0.1) is 5.41 Å². The first-order valence-electron chi connectivity index (χ1n) is 6.82. The summed E-state index contributed by atoms with van der Waals surface area (Å²) in [7, 11) is 0. The lowest BCUT2D eigenvalue weighted by Crippen LogP contribution is -2.48. The number of ether oxygens (including phenoxy) is 1. The molecule has 0 saturated carbocycles. The van der Waals surface area contributed by atoms with E-state index in [1.807, 2.05) is 0 Å². The SMILES string of the molecule is C=C(C)CCC(NCC)C(OCC)C(C)(C)C. The number of rotatable bonds is 8. The van der Waals surface area contributed by atoms with Crippen molar-refractivity contribution in [2.75, 3.05) is 13.2 Å². The van der Waals surface area contributed by atoms with Gasteiger partial charge in [-0.2, -0.15) is 0 Å². The van der Waals surface area contributed by atoms with Crippen LogP contribution < -0.4 is 5.32 Å². The Morgan fingerprint density at radius 2 is 1.88 bits per heavy atom. The van der Waals surface area contributed by atoms with Gasteiger partial charge in [-0.15, -0.1) is 6.58 Å². The van der Waals surface area contributed by atoms with Gasteiger partial charge in [0.25, 0.3) is 0 Å². The maximum atomic E-state index is 5.96. The van der Waals surface area contributed by atoms with Gasteiger partial charge in [-0.05, 0) is 38.6 Å². The van der Waals surface area contributed by atoms with Gasteiger partial charge in [-0.3, -0.25) is 0 Å². The third kappa shape index (κ3) is 6.85. The molecule has 17 heavy (non-hydrogen) atoms. The third-order valence-electron chi connectivity index (χ3n) is 2.91. The molecule has 0 fully saturated rings. The highest BCUT2D eigenvalue weighted by Crippen LogP contribution is 2.27. The molecule has 0 aliphatic heterocycles. The number of nitrogens with one attached hydrogen (secondary N) is 1. The summed E-state index contributed by atoms with van der Waals surface area (Å²) in [4.78, 5) is 0. The van der Waals surface area contributed by atoms with E-state index in [-0.39, 0.29) is 11.5 Å². The second-order valence-corrected chi connectivity index (χ2v) is 5.90. The molecule has 0 amide bonds. The van der Waals surface area contributed by atoms with Crippen molar-refractivity contribution in [3.8, 4) is 0 Å². The molecule has 0 aliphatic rings. The highest BCUT2D eigenvalue weighted by atomic mass is 16.5. The maximum Gasteiger partial charge on any atom is 0.0776 e. The summed E-state index contributed by atoms with van der Waals surface area (Å²) < 4.78 is 5.96. The number of hydrogen-bond acceptors (Lipinski definition) is 2. The van der Waals surface area contributed by atoms with E-state index in [4.69, 9.17) is 4.74 Å². The molecule has 1 N–H and O–H groups in total. The third-order valence-corrected chi connectivity index (χ3v) is 2.91. The lowest BCUT2D eigenvalue weighted by atomic mass is 9.82. The Bertz CT molecular complexity index is 217. The lowest BCUT2D eigenvalue weighted by Gasteiger charge is -2.37. The minimum absolute atomic E-state index is 0.165. The Morgan fingerprint density at radius 3 is 2.24 bits per heavy atom. The summed E-state index contributed by atoms with van der Waals surface area (Å²) in [6.45, 7) is 18.8. The summed E-state index contributed by atoms with van der Waals surface area (Å²) in [6, 6.07) is 0.414. The van der Waals surface area contributed by atoms with Gasteiger partial charge in [0.1, 0.15) is 0 Å². The number of allylic oxidation sites excluding steroid dienone is 1. The highest BCUT2D eigenvalue weighted by molar-refractivity contribution is 4.93. The molecule has 0 saturated heterocycles. The molecule has 2 heteroatoms. The second kappa shape index (κ2) is 7.88. The van der Waals surface area contributed by atoms with Crippen molar-refractivity contribution >= 4 is 0 Å². The van der Waals surface area contributed by atoms with Gasteiger partial charge in [0.15, 0.2) is 0 Å². The highest BCUT2D eigenvalue weighted by Gasteiger charge is 2.32. The molecular formula is C15H31NO. The van der Waals surface area contributed by atoms with Gasteiger partial charge in [0, 0.05) is 12.6 Å². The summed E-state index contributed by atoms with van der Waals surface area (Å²) in [5.74, 6) is 0. The summed E-state index contributed by atoms with van der Waals surface area (Å²) in [5.41, 5.74) is 1.41. The minimum atomic E-state index is 0.165. The van der Waals surface area contributed by atoms with Gasteiger partial charge in [-0.25, -0.2) is 0 Å². The van der Waals surface area contributed by atoms with E-state index in [0.717, 1.165) is 26.0 Å². The summed E-state index contributed by atoms with van der Waals surface area (Å²) in [6.07, 6.45) is 2.43. The van der Waals surface area contributed by atoms with E-state index in [0.29, 0.717) is 6.04 Å². The first-order chi connectivity index (χ1) is 7.82. The van der Waals surface area contributed by atoms with Crippen LogP contribution in [0.3, 0.4) is 0 Å². The van der Waals surface area contributed by atoms with Gasteiger partial charge in [0.05, 0.1) is 6.10 Å². The van der Waals surface area contributed by atoms with Crippen LogP contribution in [-0.4, -0.2) is 25.3 Å². The molecule has 0 aromatic carbocycles. The van der Waals surface area contributed by atoms with E-state index >= 15 is 0 Å². The first-order valence-corrected chi connectivity index (χ1v) is 6.82. The Kier molecular flexibility index (Phi) is 7.73. The molecule has 0 spiro atoms. The monoisotopic (exact) mass is 241 g/mol. The van der Waals surface area contributed by atoms with Crippen molar-refractivity contribution in [2.45, 2.75) is 66.5 Å². The van der Waals surface area contributed by atoms with Crippen LogP contribution in [-0.2, 0) is 4.74 Å². The van der Waals surface area contributed by atoms with Gasteiger partial charge in [-0.1, -0.05) is 33.3 Å². The molecule has 0 aromatic heterocycles. The van der Waals surface area contributed by atoms with Crippen molar-refractivity contribution in [2.24, 2.45) is 5.41 Å². The summed E-state index contributed by atoms with van der Waals surface area (Å²) in [5, 5.41) is 3.56. The van der Waals surface area contributed by atoms with Crippen molar-refractivity contribution < 1.29 is 4.74 Å². The largest absolute Gasteiger partial charge is 0.376 e. The average Bonchev–Trinajstić information content (AvgIpc) is 2.19. The van der Waals surface area contributed by atoms with Gasteiger partial charge in [0.2, 0.25) is 0 Å². The Labute approximate surface area is 108 Å². The molecule has 102 valence electrons. The zero-order valence-corrected chi connectivity index (χ0v) is 12.6. The Hall–Kier alpha value is -0.340. The van der Waals surface area contributed by atoms with E-state index in [1.165, 1.54) is 5.57 Å². The fourth-order valence-electron chi connectivity index (χ4n) is 2.17. The van der Waals surface area contributed by atoms with Crippen LogP contribution >= 0.6 is 0 Å². The van der Waals surface area contributed by atoms with Gasteiger partial charge < -0.3 is 10.1 Å². The van der Waals surface area contributed by atoms with Crippen LogP contribution in [0.15, 0.2) is 12.2 Å². The van der Waals surface area contributed by atoms with E-state index in [2.05, 4.69) is 53.4 Å². The molecule has 2 atom stereocenters. The lowest BCUT2D eigenvalue weighted by molar-refractivity contribution is -0.0369. The Morgan fingerprint density at radius 1 is 1.29 bits per heavy atom. The molecule has 0 rings (SSSR count). The van der Waals surface area contributed by atoms with Crippen LogP contribution in [0.25, 0.3) is 0 Å². The molecule has 0 heterocycles. The standard InChI is InChI=1S/C15H31NO/c1-8-16-13(11-10-12(3)4)14(17-9-2)15(5,6)7/h13-14,16H,3,8-11H2,1-2,4-7H3. The number of likely N-dealkylation sites (N-methyl/N-ethyl adjacent to an activating group) is 1.